The van der Waals surface area contributed by atoms with Crippen LogP contribution in [0.2, 0.25) is 0 Å². The highest BCUT2D eigenvalue weighted by molar-refractivity contribution is 8.12. The molecule has 0 atom stereocenters. The highest BCUT2D eigenvalue weighted by Gasteiger charge is 1.77. The summed E-state index contributed by atoms with van der Waals surface area (Å²) in [7, 11) is 0. The summed E-state index contributed by atoms with van der Waals surface area (Å²) in [5.41, 5.74) is 4.62. The molecule has 0 unspecified atom stereocenters. The minimum absolute atomic E-state index is 0.329. The summed E-state index contributed by atoms with van der Waals surface area (Å²) in [4.78, 5) is 9.55. The van der Waals surface area contributed by atoms with E-state index in [1.165, 1.54) is 12.8 Å². The average molecular weight is 179 g/mol. The summed E-state index contributed by atoms with van der Waals surface area (Å²) in [6.45, 7) is 8.36. The molecule has 0 bridgehead atoms. The van der Waals surface area contributed by atoms with Crippen LogP contribution in [0.5, 0.6) is 0 Å². The van der Waals surface area contributed by atoms with E-state index in [1.54, 1.807) is 6.26 Å². The minimum Gasteiger partial charge on any atom is -0.361 e. The number of thioether (sulfide) groups is 1. The topological polar surface area (TPSA) is 43.1 Å². The summed E-state index contributed by atoms with van der Waals surface area (Å²) in [6.07, 6.45) is 4.28. The first kappa shape index (κ1) is 17.1. The van der Waals surface area contributed by atoms with Crippen molar-refractivity contribution in [3.05, 3.63) is 0 Å². The molecule has 0 aromatic rings. The third-order valence-corrected chi connectivity index (χ3v) is 1.10. The van der Waals surface area contributed by atoms with Crippen molar-refractivity contribution >= 4 is 17.0 Å². The lowest BCUT2D eigenvalue weighted by molar-refractivity contribution is 0.267. The van der Waals surface area contributed by atoms with Gasteiger partial charge in [0.1, 0.15) is 0 Å². The second-order valence-electron chi connectivity index (χ2n) is 1.52. The number of unbranched alkanes of at least 4 members (excludes halogenated alkanes) is 1. The zero-order valence-corrected chi connectivity index (χ0v) is 9.12. The van der Waals surface area contributed by atoms with E-state index in [1.807, 2.05) is 13.8 Å². The Balaban J connectivity index is -0.0000000965. The Labute approximate surface area is 74.9 Å². The number of hydrogen-bond donors (Lipinski definition) is 1. The average Bonchev–Trinajstić information content (AvgIpc) is 2.08. The Morgan fingerprint density at radius 1 is 1.27 bits per heavy atom. The molecule has 0 spiro atoms. The number of primary amides is 1. The fraction of sp³-hybridized carbons (Fsp3) is 0.875. The van der Waals surface area contributed by atoms with Crippen molar-refractivity contribution in [1.29, 1.82) is 0 Å². The molecule has 0 fully saturated rings. The molecule has 0 aliphatic rings. The number of amides is 1. The van der Waals surface area contributed by atoms with Crippen LogP contribution in [0.3, 0.4) is 0 Å². The molecule has 2 nitrogen and oxygen atoms in total. The van der Waals surface area contributed by atoms with Crippen LogP contribution in [0, 0.1) is 0 Å². The van der Waals surface area contributed by atoms with E-state index in [-0.39, 0.29) is 5.24 Å². The minimum atomic E-state index is -0.329. The SMILES string of the molecule is CC.CCCC.CSC(N)=O. The van der Waals surface area contributed by atoms with E-state index in [4.69, 9.17) is 0 Å². The molecule has 0 aromatic carbocycles. The largest absolute Gasteiger partial charge is 0.361 e. The van der Waals surface area contributed by atoms with Gasteiger partial charge >= 0.3 is 0 Å². The van der Waals surface area contributed by atoms with Crippen molar-refractivity contribution in [2.75, 3.05) is 6.26 Å². The van der Waals surface area contributed by atoms with Gasteiger partial charge < -0.3 is 5.73 Å². The van der Waals surface area contributed by atoms with Crippen LogP contribution in [-0.4, -0.2) is 11.5 Å². The van der Waals surface area contributed by atoms with Crippen molar-refractivity contribution in [3.8, 4) is 0 Å². The van der Waals surface area contributed by atoms with Crippen LogP contribution in [-0.2, 0) is 0 Å². The molecule has 70 valence electrons. The molecule has 2 N–H and O–H groups in total. The molecule has 0 aliphatic heterocycles. The monoisotopic (exact) mass is 179 g/mol. The second kappa shape index (κ2) is 22.6. The maximum atomic E-state index is 9.55. The Morgan fingerprint density at radius 2 is 1.45 bits per heavy atom. The molecule has 0 rings (SSSR count). The summed E-state index contributed by atoms with van der Waals surface area (Å²) < 4.78 is 0. The number of rotatable bonds is 1. The second-order valence-corrected chi connectivity index (χ2v) is 2.33. The molecule has 11 heavy (non-hydrogen) atoms. The van der Waals surface area contributed by atoms with Crippen LogP contribution in [0.1, 0.15) is 40.5 Å². The van der Waals surface area contributed by atoms with Gasteiger partial charge in [-0.1, -0.05) is 52.3 Å². The highest BCUT2D eigenvalue weighted by Crippen LogP contribution is 1.85. The first-order chi connectivity index (χ1) is 5.18. The van der Waals surface area contributed by atoms with Gasteiger partial charge in [0.15, 0.2) is 0 Å². The lowest BCUT2D eigenvalue weighted by Gasteiger charge is -1.73. The standard InChI is InChI=1S/C4H10.C2H5NOS.C2H6/c1-3-4-2;1-5-2(3)4;1-2/h3-4H2,1-2H3;1H3,(H2,3,4);1-2H3. The molecule has 1 amide bonds. The van der Waals surface area contributed by atoms with Crippen LogP contribution in [0.4, 0.5) is 4.79 Å². The predicted molar refractivity (Wildman–Crippen MR) is 55.0 cm³/mol. The number of hydrogen-bond acceptors (Lipinski definition) is 2. The van der Waals surface area contributed by atoms with E-state index in [0.29, 0.717) is 0 Å². The van der Waals surface area contributed by atoms with Crippen LogP contribution < -0.4 is 5.73 Å². The van der Waals surface area contributed by atoms with Crippen LogP contribution in [0.15, 0.2) is 0 Å². The maximum absolute atomic E-state index is 9.55. The van der Waals surface area contributed by atoms with Gasteiger partial charge in [0.25, 0.3) is 5.24 Å². The van der Waals surface area contributed by atoms with E-state index in [9.17, 15) is 4.79 Å². The summed E-state index contributed by atoms with van der Waals surface area (Å²) in [5, 5.41) is -0.329. The first-order valence-electron chi connectivity index (χ1n) is 4.02. The van der Waals surface area contributed by atoms with E-state index in [0.717, 1.165) is 11.8 Å². The van der Waals surface area contributed by atoms with Crippen LogP contribution in [0.25, 0.3) is 0 Å². The Morgan fingerprint density at radius 3 is 1.45 bits per heavy atom. The van der Waals surface area contributed by atoms with Gasteiger partial charge in [-0.3, -0.25) is 4.79 Å². The molecule has 0 saturated heterocycles. The molecule has 0 radical (unpaired) electrons. The summed E-state index contributed by atoms with van der Waals surface area (Å²) in [5.74, 6) is 0. The molecular weight excluding hydrogens is 158 g/mol. The predicted octanol–water partition coefficient (Wildman–Crippen LogP) is 3.26. The zero-order chi connectivity index (χ0) is 9.70. The smallest absolute Gasteiger partial charge is 0.276 e. The van der Waals surface area contributed by atoms with Crippen molar-refractivity contribution in [2.45, 2.75) is 40.5 Å². The van der Waals surface area contributed by atoms with E-state index in [2.05, 4.69) is 19.6 Å². The molecule has 0 saturated carbocycles. The summed E-state index contributed by atoms with van der Waals surface area (Å²) in [6, 6.07) is 0. The first-order valence-corrected chi connectivity index (χ1v) is 5.24. The highest BCUT2D eigenvalue weighted by atomic mass is 32.2. The third-order valence-electron chi connectivity index (χ3n) is 0.701. The zero-order valence-electron chi connectivity index (χ0n) is 8.31. The number of nitrogens with two attached hydrogens (primary N) is 1. The molecule has 0 heterocycles. The van der Waals surface area contributed by atoms with E-state index < -0.39 is 0 Å². The van der Waals surface area contributed by atoms with Crippen LogP contribution >= 0.6 is 11.8 Å². The van der Waals surface area contributed by atoms with Crippen molar-refractivity contribution in [3.63, 3.8) is 0 Å². The number of carbonyl (C=O) groups excluding carboxylic acids is 1. The van der Waals surface area contributed by atoms with Gasteiger partial charge in [-0.2, -0.15) is 0 Å². The fourth-order valence-electron chi connectivity index (χ4n) is 0. The third kappa shape index (κ3) is 75.5. The quantitative estimate of drug-likeness (QED) is 0.671. The lowest BCUT2D eigenvalue weighted by atomic mass is 10.4. The molecule has 3 heteroatoms. The van der Waals surface area contributed by atoms with E-state index >= 15 is 0 Å². The number of carbonyl (C=O) groups is 1. The van der Waals surface area contributed by atoms with Crippen molar-refractivity contribution in [1.82, 2.24) is 0 Å². The van der Waals surface area contributed by atoms with Gasteiger partial charge in [-0.15, -0.1) is 0 Å². The van der Waals surface area contributed by atoms with Crippen molar-refractivity contribution < 1.29 is 4.79 Å². The molecule has 0 aliphatic carbocycles. The fourth-order valence-corrected chi connectivity index (χ4v) is 0. The van der Waals surface area contributed by atoms with Crippen molar-refractivity contribution in [2.24, 2.45) is 5.73 Å². The molecular formula is C8H21NOS. The van der Waals surface area contributed by atoms with Gasteiger partial charge in [0.05, 0.1) is 0 Å². The van der Waals surface area contributed by atoms with Gasteiger partial charge in [-0.25, -0.2) is 0 Å². The Hall–Kier alpha value is -0.180. The Bertz CT molecular complexity index is 65.1. The Kier molecular flexibility index (Phi) is 35.0. The molecule has 0 aromatic heterocycles. The van der Waals surface area contributed by atoms with Gasteiger partial charge in [-0.05, 0) is 6.26 Å². The van der Waals surface area contributed by atoms with Gasteiger partial charge in [0.2, 0.25) is 0 Å². The summed E-state index contributed by atoms with van der Waals surface area (Å²) >= 11 is 1.02. The normalized spacial score (nSPS) is 6.64. The van der Waals surface area contributed by atoms with Gasteiger partial charge in [0, 0.05) is 0 Å². The lowest BCUT2D eigenvalue weighted by Crippen LogP contribution is -1.99. The maximum Gasteiger partial charge on any atom is 0.276 e.